The summed E-state index contributed by atoms with van der Waals surface area (Å²) in [6.07, 6.45) is 45.1. The van der Waals surface area contributed by atoms with E-state index in [1.807, 2.05) is 0 Å². The Kier molecular flexibility index (Phi) is 59.0. The highest BCUT2D eigenvalue weighted by molar-refractivity contribution is 7.47. The number of carbonyl (C=O) groups is 4. The Labute approximate surface area is 530 Å². The molecular weight excluding hydrogens is 1150 g/mol. The number of esters is 4. The molecule has 0 aromatic carbocycles. The Balaban J connectivity index is 5.07. The molecule has 0 aliphatic rings. The molecule has 0 aromatic rings. The molecule has 87 heavy (non-hydrogen) atoms. The van der Waals surface area contributed by atoms with Gasteiger partial charge >= 0.3 is 39.5 Å². The van der Waals surface area contributed by atoms with Crippen molar-refractivity contribution < 1.29 is 80.2 Å². The van der Waals surface area contributed by atoms with E-state index in [1.165, 1.54) is 154 Å². The normalized spacial score (nSPS) is 14.5. The van der Waals surface area contributed by atoms with Crippen LogP contribution in [0, 0.1) is 11.8 Å². The fraction of sp³-hybridized carbons (Fsp3) is 0.941. The monoisotopic (exact) mass is 1280 g/mol. The minimum absolute atomic E-state index is 0.101. The van der Waals surface area contributed by atoms with Gasteiger partial charge in [-0.1, -0.05) is 292 Å². The van der Waals surface area contributed by atoms with Crippen LogP contribution in [-0.2, 0) is 65.4 Å². The van der Waals surface area contributed by atoms with Crippen LogP contribution in [0.4, 0.5) is 0 Å². The van der Waals surface area contributed by atoms with E-state index in [1.54, 1.807) is 0 Å². The van der Waals surface area contributed by atoms with Gasteiger partial charge in [0.1, 0.15) is 19.3 Å². The third-order valence-electron chi connectivity index (χ3n) is 16.1. The molecule has 0 heterocycles. The molecule has 3 N–H and O–H groups in total. The van der Waals surface area contributed by atoms with Crippen molar-refractivity contribution in [1.82, 2.24) is 0 Å². The van der Waals surface area contributed by atoms with Crippen LogP contribution in [0.3, 0.4) is 0 Å². The van der Waals surface area contributed by atoms with E-state index in [2.05, 4.69) is 41.5 Å². The van der Waals surface area contributed by atoms with Crippen molar-refractivity contribution in [2.75, 3.05) is 39.6 Å². The van der Waals surface area contributed by atoms with E-state index in [9.17, 15) is 43.2 Å². The van der Waals surface area contributed by atoms with Crippen LogP contribution >= 0.6 is 15.6 Å². The molecule has 0 rings (SSSR count). The highest BCUT2D eigenvalue weighted by atomic mass is 31.2. The zero-order valence-corrected chi connectivity index (χ0v) is 58.1. The molecular formula is C68H132O17P2. The predicted molar refractivity (Wildman–Crippen MR) is 349 cm³/mol. The van der Waals surface area contributed by atoms with E-state index in [4.69, 9.17) is 37.0 Å². The van der Waals surface area contributed by atoms with Gasteiger partial charge in [-0.25, -0.2) is 9.13 Å². The number of unbranched alkanes of at least 4 members (excludes halogenated alkanes) is 36. The summed E-state index contributed by atoms with van der Waals surface area (Å²) >= 11 is 0. The third kappa shape index (κ3) is 61.3. The Hall–Kier alpha value is -1.94. The van der Waals surface area contributed by atoms with Gasteiger partial charge in [0.05, 0.1) is 26.4 Å². The zero-order chi connectivity index (χ0) is 64.3. The molecule has 3 unspecified atom stereocenters. The minimum Gasteiger partial charge on any atom is -0.462 e. The summed E-state index contributed by atoms with van der Waals surface area (Å²) in [4.78, 5) is 72.0. The van der Waals surface area contributed by atoms with Gasteiger partial charge in [-0.15, -0.1) is 0 Å². The van der Waals surface area contributed by atoms with Gasteiger partial charge in [-0.05, 0) is 37.5 Å². The maximum atomic E-state index is 13.0. The molecule has 6 atom stereocenters. The first-order valence-electron chi connectivity index (χ1n) is 35.5. The molecule has 0 amide bonds. The fourth-order valence-electron chi connectivity index (χ4n) is 10.2. The Morgan fingerprint density at radius 2 is 0.586 bits per heavy atom. The highest BCUT2D eigenvalue weighted by Crippen LogP contribution is 2.45. The van der Waals surface area contributed by atoms with Gasteiger partial charge in [0.25, 0.3) is 0 Å². The van der Waals surface area contributed by atoms with E-state index >= 15 is 0 Å². The van der Waals surface area contributed by atoms with Crippen LogP contribution in [0.15, 0.2) is 0 Å². The van der Waals surface area contributed by atoms with Crippen LogP contribution in [0.2, 0.25) is 0 Å². The summed E-state index contributed by atoms with van der Waals surface area (Å²) in [5.74, 6) is -0.603. The summed E-state index contributed by atoms with van der Waals surface area (Å²) in [6.45, 7) is 9.40. The minimum atomic E-state index is -4.95. The van der Waals surface area contributed by atoms with Crippen LogP contribution in [0.5, 0.6) is 0 Å². The first-order valence-corrected chi connectivity index (χ1v) is 38.5. The van der Waals surface area contributed by atoms with E-state index in [-0.39, 0.29) is 25.7 Å². The lowest BCUT2D eigenvalue weighted by atomic mass is 9.99. The van der Waals surface area contributed by atoms with Gasteiger partial charge in [0.15, 0.2) is 12.2 Å². The first kappa shape index (κ1) is 85.1. The average molecular weight is 1280 g/mol. The van der Waals surface area contributed by atoms with Crippen LogP contribution in [0.1, 0.15) is 343 Å². The fourth-order valence-corrected chi connectivity index (χ4v) is 11.8. The van der Waals surface area contributed by atoms with E-state index in [0.717, 1.165) is 102 Å². The number of carbonyl (C=O) groups excluding carboxylic acids is 4. The molecule has 516 valence electrons. The van der Waals surface area contributed by atoms with Crippen LogP contribution in [-0.4, -0.2) is 96.7 Å². The topological polar surface area (TPSA) is 237 Å². The number of aliphatic hydroxyl groups excluding tert-OH is 1. The quantitative estimate of drug-likeness (QED) is 0.0222. The van der Waals surface area contributed by atoms with Gasteiger partial charge in [-0.3, -0.25) is 37.3 Å². The van der Waals surface area contributed by atoms with Crippen molar-refractivity contribution in [3.8, 4) is 0 Å². The summed E-state index contributed by atoms with van der Waals surface area (Å²) < 4.78 is 67.9. The van der Waals surface area contributed by atoms with Crippen molar-refractivity contribution in [3.63, 3.8) is 0 Å². The second-order valence-corrected chi connectivity index (χ2v) is 28.2. The van der Waals surface area contributed by atoms with Gasteiger partial charge in [0.2, 0.25) is 0 Å². The summed E-state index contributed by atoms with van der Waals surface area (Å²) in [7, 11) is -9.88. The van der Waals surface area contributed by atoms with Crippen molar-refractivity contribution in [2.24, 2.45) is 11.8 Å². The molecule has 0 aliphatic carbocycles. The Morgan fingerprint density at radius 3 is 0.874 bits per heavy atom. The van der Waals surface area contributed by atoms with Crippen molar-refractivity contribution in [3.05, 3.63) is 0 Å². The second-order valence-electron chi connectivity index (χ2n) is 25.3. The van der Waals surface area contributed by atoms with Crippen LogP contribution < -0.4 is 0 Å². The number of ether oxygens (including phenoxy) is 4. The van der Waals surface area contributed by atoms with Gasteiger partial charge in [0, 0.05) is 25.7 Å². The number of phosphoric acid groups is 2. The Bertz CT molecular complexity index is 1700. The van der Waals surface area contributed by atoms with Crippen molar-refractivity contribution in [1.29, 1.82) is 0 Å². The molecule has 0 spiro atoms. The molecule has 0 aromatic heterocycles. The molecule has 0 radical (unpaired) electrons. The highest BCUT2D eigenvalue weighted by Gasteiger charge is 2.30. The Morgan fingerprint density at radius 1 is 0.333 bits per heavy atom. The van der Waals surface area contributed by atoms with E-state index < -0.39 is 97.5 Å². The largest absolute Gasteiger partial charge is 0.472 e. The molecule has 19 heteroatoms. The molecule has 0 fully saturated rings. The standard InChI is InChI=1S/C68H132O17P2/c1-7-10-12-14-15-16-25-29-32-39-45-51-66(71)79-57-64(84-67(72)52-46-40-33-30-27-24-22-20-18-17-19-21-23-26-28-31-38-43-49-61(6)9-3)59-83-87(76,77)81-55-62(69)54-80-86(74,75)82-58-63(56-78-65(70)50-44-36-13-11-8-2)85-68(73)53-47-41-35-34-37-42-48-60(4)5/h60-64,69H,7-59H2,1-6H3,(H,74,75)(H,76,77)/t61?,62-,63+,64+/m0/s1. The maximum absolute atomic E-state index is 13.0. The predicted octanol–water partition coefficient (Wildman–Crippen LogP) is 19.2. The van der Waals surface area contributed by atoms with E-state index in [0.29, 0.717) is 31.6 Å². The molecule has 0 bridgehead atoms. The smallest absolute Gasteiger partial charge is 0.462 e. The SMILES string of the molecule is CCCCCCCCCCCCCC(=O)OC[C@H](COP(=O)(O)OC[C@@H](O)COP(=O)(O)OC[C@@H](COC(=O)CCCCCCC)OC(=O)CCCCCCCCC(C)C)OC(=O)CCCCCCCCCCCCCCCCCCCCC(C)CC. The van der Waals surface area contributed by atoms with Crippen molar-refractivity contribution >= 4 is 39.5 Å². The van der Waals surface area contributed by atoms with Gasteiger partial charge in [-0.2, -0.15) is 0 Å². The van der Waals surface area contributed by atoms with Crippen LogP contribution in [0.25, 0.3) is 0 Å². The molecule has 0 saturated carbocycles. The summed E-state index contributed by atoms with van der Waals surface area (Å²) in [5, 5.41) is 10.5. The number of aliphatic hydroxyl groups is 1. The summed E-state index contributed by atoms with van der Waals surface area (Å²) in [6, 6.07) is 0. The van der Waals surface area contributed by atoms with Crippen molar-refractivity contribution in [2.45, 2.75) is 362 Å². The average Bonchev–Trinajstić information content (AvgIpc) is 3.66. The zero-order valence-electron chi connectivity index (χ0n) is 56.3. The first-order chi connectivity index (χ1) is 41.9. The molecule has 17 nitrogen and oxygen atoms in total. The number of hydrogen-bond donors (Lipinski definition) is 3. The van der Waals surface area contributed by atoms with Gasteiger partial charge < -0.3 is 33.8 Å². The number of rotatable bonds is 67. The lowest BCUT2D eigenvalue weighted by molar-refractivity contribution is -0.161. The molecule has 0 aliphatic heterocycles. The molecule has 0 saturated heterocycles. The number of hydrogen-bond acceptors (Lipinski definition) is 15. The second kappa shape index (κ2) is 60.3. The number of phosphoric ester groups is 2. The lowest BCUT2D eigenvalue weighted by Gasteiger charge is -2.21. The summed E-state index contributed by atoms with van der Waals surface area (Å²) in [5.41, 5.74) is 0. The maximum Gasteiger partial charge on any atom is 0.472 e. The third-order valence-corrected chi connectivity index (χ3v) is 18.0. The lowest BCUT2D eigenvalue weighted by Crippen LogP contribution is -2.30.